The van der Waals surface area contributed by atoms with Crippen LogP contribution in [0.1, 0.15) is 43.9 Å². The van der Waals surface area contributed by atoms with Gasteiger partial charge in [0.2, 0.25) is 11.8 Å². The van der Waals surface area contributed by atoms with Crippen LogP contribution in [0, 0.1) is 13.8 Å². The zero-order valence-electron chi connectivity index (χ0n) is 23.6. The summed E-state index contributed by atoms with van der Waals surface area (Å²) in [5.74, 6) is -1.01. The molecule has 2 atom stereocenters. The molecule has 0 aromatic heterocycles. The molecule has 0 saturated heterocycles. The standard InChI is InChI=1S/C30H34Cl3N3O4S/c1-6-21(4)34-30(38)22(5)35(17-25-26(32)8-7-9-27(25)33)29(37)18-36(28-16-23(31)13-12-20(28)3)41(39,40)24-14-10-19(2)11-15-24/h7-16,21-22H,6,17-18H2,1-5H3,(H,34,38)/t21-,22+/m1/s1. The summed E-state index contributed by atoms with van der Waals surface area (Å²) in [7, 11) is -4.22. The second-order valence-corrected chi connectivity index (χ2v) is 13.1. The first-order valence-corrected chi connectivity index (χ1v) is 15.7. The minimum absolute atomic E-state index is 0.0125. The van der Waals surface area contributed by atoms with Crippen molar-refractivity contribution >= 4 is 62.3 Å². The van der Waals surface area contributed by atoms with E-state index >= 15 is 0 Å². The lowest BCUT2D eigenvalue weighted by atomic mass is 10.1. The van der Waals surface area contributed by atoms with E-state index in [4.69, 9.17) is 34.8 Å². The second kappa shape index (κ2) is 13.9. The Morgan fingerprint density at radius 3 is 2.12 bits per heavy atom. The van der Waals surface area contributed by atoms with Gasteiger partial charge in [0.15, 0.2) is 0 Å². The fraction of sp³-hybridized carbons (Fsp3) is 0.333. The van der Waals surface area contributed by atoms with Crippen molar-refractivity contribution < 1.29 is 18.0 Å². The molecule has 3 aromatic rings. The van der Waals surface area contributed by atoms with Gasteiger partial charge in [-0.25, -0.2) is 8.42 Å². The molecular formula is C30H34Cl3N3O4S. The maximum Gasteiger partial charge on any atom is 0.264 e. The van der Waals surface area contributed by atoms with E-state index in [9.17, 15) is 18.0 Å². The smallest absolute Gasteiger partial charge is 0.264 e. The lowest BCUT2D eigenvalue weighted by molar-refractivity contribution is -0.139. The number of benzene rings is 3. The highest BCUT2D eigenvalue weighted by atomic mass is 35.5. The summed E-state index contributed by atoms with van der Waals surface area (Å²) in [6.45, 7) is 8.26. The summed E-state index contributed by atoms with van der Waals surface area (Å²) in [5, 5.41) is 3.84. The molecule has 7 nitrogen and oxygen atoms in total. The Hall–Kier alpha value is -2.78. The Kier molecular flexibility index (Phi) is 11.1. The van der Waals surface area contributed by atoms with Gasteiger partial charge in [0.05, 0.1) is 10.6 Å². The number of hydrogen-bond donors (Lipinski definition) is 1. The first-order valence-electron chi connectivity index (χ1n) is 13.1. The topological polar surface area (TPSA) is 86.8 Å². The van der Waals surface area contributed by atoms with Gasteiger partial charge in [-0.1, -0.05) is 71.6 Å². The SMILES string of the molecule is CC[C@@H](C)NC(=O)[C@H](C)N(Cc1c(Cl)cccc1Cl)C(=O)CN(c1cc(Cl)ccc1C)S(=O)(=O)c1ccc(C)cc1. The number of rotatable bonds is 11. The minimum Gasteiger partial charge on any atom is -0.352 e. The van der Waals surface area contributed by atoms with Crippen LogP contribution >= 0.6 is 34.8 Å². The summed E-state index contributed by atoms with van der Waals surface area (Å²) in [4.78, 5) is 28.6. The van der Waals surface area contributed by atoms with Gasteiger partial charge in [0.25, 0.3) is 10.0 Å². The van der Waals surface area contributed by atoms with Crippen molar-refractivity contribution in [3.8, 4) is 0 Å². The van der Waals surface area contributed by atoms with Crippen molar-refractivity contribution in [2.45, 2.75) is 64.6 Å². The molecule has 0 fully saturated rings. The third kappa shape index (κ3) is 7.95. The maximum atomic E-state index is 14.1. The van der Waals surface area contributed by atoms with Crippen LogP contribution in [0.15, 0.2) is 65.6 Å². The van der Waals surface area contributed by atoms with E-state index in [1.165, 1.54) is 23.1 Å². The van der Waals surface area contributed by atoms with Gasteiger partial charge in [-0.15, -0.1) is 0 Å². The molecule has 0 heterocycles. The highest BCUT2D eigenvalue weighted by molar-refractivity contribution is 7.92. The van der Waals surface area contributed by atoms with E-state index in [0.29, 0.717) is 32.6 Å². The van der Waals surface area contributed by atoms with Crippen molar-refractivity contribution in [2.75, 3.05) is 10.8 Å². The third-order valence-electron chi connectivity index (χ3n) is 6.89. The minimum atomic E-state index is -4.22. The number of hydrogen-bond acceptors (Lipinski definition) is 4. The Balaban J connectivity index is 2.11. The van der Waals surface area contributed by atoms with Crippen LogP contribution < -0.4 is 9.62 Å². The molecule has 0 unspecified atom stereocenters. The number of halogens is 3. The third-order valence-corrected chi connectivity index (χ3v) is 9.60. The van der Waals surface area contributed by atoms with E-state index < -0.39 is 28.5 Å². The quantitative estimate of drug-likeness (QED) is 0.251. The molecule has 0 saturated carbocycles. The summed E-state index contributed by atoms with van der Waals surface area (Å²) >= 11 is 19.1. The van der Waals surface area contributed by atoms with E-state index in [2.05, 4.69) is 5.32 Å². The Morgan fingerprint density at radius 2 is 1.54 bits per heavy atom. The highest BCUT2D eigenvalue weighted by Crippen LogP contribution is 2.31. The average Bonchev–Trinajstić information content (AvgIpc) is 2.92. The Bertz CT molecular complexity index is 1490. The number of nitrogens with one attached hydrogen (secondary N) is 1. The highest BCUT2D eigenvalue weighted by Gasteiger charge is 2.34. The second-order valence-electron chi connectivity index (χ2n) is 9.97. The number of amides is 2. The number of carbonyl (C=O) groups is 2. The van der Waals surface area contributed by atoms with Crippen molar-refractivity contribution in [1.82, 2.24) is 10.2 Å². The molecule has 0 aliphatic rings. The largest absolute Gasteiger partial charge is 0.352 e. The molecule has 3 rings (SSSR count). The van der Waals surface area contributed by atoms with Crippen molar-refractivity contribution in [1.29, 1.82) is 0 Å². The van der Waals surface area contributed by atoms with Gasteiger partial charge in [-0.05, 0) is 76.1 Å². The molecule has 1 N–H and O–H groups in total. The maximum absolute atomic E-state index is 14.1. The molecule has 0 spiro atoms. The van der Waals surface area contributed by atoms with Gasteiger partial charge in [-0.2, -0.15) is 0 Å². The normalized spacial score (nSPS) is 12.9. The van der Waals surface area contributed by atoms with Crippen molar-refractivity contribution in [3.63, 3.8) is 0 Å². The van der Waals surface area contributed by atoms with Crippen LogP contribution in [0.25, 0.3) is 0 Å². The van der Waals surface area contributed by atoms with Crippen LogP contribution in [0.3, 0.4) is 0 Å². The summed E-state index contributed by atoms with van der Waals surface area (Å²) in [6.07, 6.45) is 0.694. The van der Waals surface area contributed by atoms with E-state index in [-0.39, 0.29) is 29.1 Å². The van der Waals surface area contributed by atoms with Gasteiger partial charge in [-0.3, -0.25) is 13.9 Å². The Morgan fingerprint density at radius 1 is 0.927 bits per heavy atom. The molecule has 41 heavy (non-hydrogen) atoms. The van der Waals surface area contributed by atoms with Crippen LogP contribution in [0.4, 0.5) is 5.69 Å². The average molecular weight is 639 g/mol. The number of anilines is 1. The van der Waals surface area contributed by atoms with Crippen LogP contribution in [0.5, 0.6) is 0 Å². The molecule has 0 aliphatic carbocycles. The molecule has 220 valence electrons. The fourth-order valence-corrected chi connectivity index (χ4v) is 6.26. The summed E-state index contributed by atoms with van der Waals surface area (Å²) in [6, 6.07) is 15.0. The van der Waals surface area contributed by atoms with E-state index in [0.717, 1.165) is 9.87 Å². The van der Waals surface area contributed by atoms with Gasteiger partial charge < -0.3 is 10.2 Å². The van der Waals surface area contributed by atoms with Crippen molar-refractivity contribution in [2.24, 2.45) is 0 Å². The van der Waals surface area contributed by atoms with E-state index in [1.54, 1.807) is 56.3 Å². The number of carbonyl (C=O) groups excluding carboxylic acids is 2. The van der Waals surface area contributed by atoms with Crippen LogP contribution in [-0.2, 0) is 26.2 Å². The zero-order chi connectivity index (χ0) is 30.5. The van der Waals surface area contributed by atoms with Crippen LogP contribution in [0.2, 0.25) is 15.1 Å². The predicted octanol–water partition coefficient (Wildman–Crippen LogP) is 6.79. The lowest BCUT2D eigenvalue weighted by Crippen LogP contribution is -2.52. The fourth-order valence-electron chi connectivity index (χ4n) is 4.10. The van der Waals surface area contributed by atoms with Gasteiger partial charge in [0, 0.05) is 33.2 Å². The molecular weight excluding hydrogens is 605 g/mol. The molecule has 3 aromatic carbocycles. The predicted molar refractivity (Wildman–Crippen MR) is 166 cm³/mol. The van der Waals surface area contributed by atoms with Gasteiger partial charge >= 0.3 is 0 Å². The molecule has 0 aliphatic heterocycles. The summed E-state index contributed by atoms with van der Waals surface area (Å²) in [5.41, 5.74) is 2.17. The number of sulfonamides is 1. The first kappa shape index (κ1) is 32.7. The van der Waals surface area contributed by atoms with Gasteiger partial charge in [0.1, 0.15) is 12.6 Å². The molecule has 2 amide bonds. The molecule has 11 heteroatoms. The van der Waals surface area contributed by atoms with E-state index in [1.807, 2.05) is 20.8 Å². The number of aryl methyl sites for hydroxylation is 2. The first-order chi connectivity index (χ1) is 19.3. The Labute approximate surface area is 257 Å². The lowest BCUT2D eigenvalue weighted by Gasteiger charge is -2.33. The molecule has 0 bridgehead atoms. The van der Waals surface area contributed by atoms with Crippen LogP contribution in [-0.4, -0.2) is 43.8 Å². The zero-order valence-corrected chi connectivity index (χ0v) is 26.7. The molecule has 0 radical (unpaired) electrons. The monoisotopic (exact) mass is 637 g/mol. The number of nitrogens with zero attached hydrogens (tertiary/aromatic N) is 2. The van der Waals surface area contributed by atoms with Crippen molar-refractivity contribution in [3.05, 3.63) is 92.4 Å². The summed E-state index contributed by atoms with van der Waals surface area (Å²) < 4.78 is 29.1.